The van der Waals surface area contributed by atoms with Crippen LogP contribution in [0.5, 0.6) is 0 Å². The number of benzene rings is 2. The number of nitrogens with one attached hydrogen (secondary N) is 1. The number of nitrogen functional groups attached to an aromatic ring is 1. The van der Waals surface area contributed by atoms with Crippen LogP contribution in [0.3, 0.4) is 0 Å². The first-order chi connectivity index (χ1) is 13.9. The van der Waals surface area contributed by atoms with Gasteiger partial charge in [0.15, 0.2) is 5.13 Å². The molecule has 2 heterocycles. The molecule has 1 aliphatic heterocycles. The number of nitrogens with zero attached hydrogens (tertiary/aromatic N) is 2. The Kier molecular flexibility index (Phi) is 5.24. The van der Waals surface area contributed by atoms with Crippen molar-refractivity contribution >= 4 is 44.2 Å². The Morgan fingerprint density at radius 1 is 1.14 bits per heavy atom. The molecule has 150 valence electrons. The summed E-state index contributed by atoms with van der Waals surface area (Å²) in [6, 6.07) is 11.5. The molecule has 0 radical (unpaired) electrons. The molecule has 1 aromatic heterocycles. The maximum absolute atomic E-state index is 12.8. The first kappa shape index (κ1) is 19.4. The summed E-state index contributed by atoms with van der Waals surface area (Å²) < 4.78 is 0.969. The molecular formula is C22H24N4O2S. The van der Waals surface area contributed by atoms with Gasteiger partial charge in [0, 0.05) is 30.3 Å². The van der Waals surface area contributed by atoms with E-state index in [1.54, 1.807) is 0 Å². The first-order valence-electron chi connectivity index (χ1n) is 9.75. The molecule has 1 fully saturated rings. The molecule has 0 spiro atoms. The highest BCUT2D eigenvalue weighted by molar-refractivity contribution is 7.22. The third-order valence-electron chi connectivity index (χ3n) is 5.50. The summed E-state index contributed by atoms with van der Waals surface area (Å²) in [4.78, 5) is 31.7. The largest absolute Gasteiger partial charge is 0.375 e. The van der Waals surface area contributed by atoms with E-state index in [-0.39, 0.29) is 17.7 Å². The third-order valence-corrected chi connectivity index (χ3v) is 6.33. The van der Waals surface area contributed by atoms with Crippen LogP contribution in [0.4, 0.5) is 10.8 Å². The maximum atomic E-state index is 12.8. The zero-order chi connectivity index (χ0) is 20.5. The summed E-state index contributed by atoms with van der Waals surface area (Å²) in [6.07, 6.45) is 1.33. The first-order valence-corrected chi connectivity index (χ1v) is 10.6. The van der Waals surface area contributed by atoms with Gasteiger partial charge in [-0.15, -0.1) is 0 Å². The van der Waals surface area contributed by atoms with E-state index >= 15 is 0 Å². The van der Waals surface area contributed by atoms with Gasteiger partial charge in [0.25, 0.3) is 5.91 Å². The summed E-state index contributed by atoms with van der Waals surface area (Å²) in [5.74, 6) is -0.0477. The molecule has 0 aliphatic carbocycles. The number of aromatic nitrogens is 1. The summed E-state index contributed by atoms with van der Waals surface area (Å²) >= 11 is 1.42. The van der Waals surface area contributed by atoms with Crippen LogP contribution in [0.25, 0.3) is 10.2 Å². The van der Waals surface area contributed by atoms with Crippen molar-refractivity contribution in [2.75, 3.05) is 24.1 Å². The van der Waals surface area contributed by atoms with Crippen LogP contribution in [-0.4, -0.2) is 34.8 Å². The molecule has 1 saturated heterocycles. The number of thiazole rings is 1. The second-order valence-corrected chi connectivity index (χ2v) is 8.62. The number of piperidine rings is 1. The molecule has 0 saturated carbocycles. The van der Waals surface area contributed by atoms with Crippen LogP contribution < -0.4 is 11.1 Å². The van der Waals surface area contributed by atoms with E-state index in [4.69, 9.17) is 5.73 Å². The van der Waals surface area contributed by atoms with Crippen molar-refractivity contribution in [2.45, 2.75) is 26.7 Å². The molecule has 7 heteroatoms. The Hall–Kier alpha value is -2.93. The normalized spacial score (nSPS) is 14.9. The van der Waals surface area contributed by atoms with Gasteiger partial charge in [-0.1, -0.05) is 29.5 Å². The Morgan fingerprint density at radius 2 is 1.86 bits per heavy atom. The maximum Gasteiger partial charge on any atom is 0.254 e. The predicted octanol–water partition coefficient (Wildman–Crippen LogP) is 3.99. The number of nitrogens with two attached hydrogens (primary N) is 1. The minimum atomic E-state index is -0.0987. The van der Waals surface area contributed by atoms with Crippen LogP contribution in [0, 0.1) is 19.8 Å². The fourth-order valence-corrected chi connectivity index (χ4v) is 4.71. The van der Waals surface area contributed by atoms with Crippen LogP contribution in [-0.2, 0) is 4.79 Å². The minimum Gasteiger partial charge on any atom is -0.375 e. The number of hydrogen-bond acceptors (Lipinski definition) is 5. The highest BCUT2D eigenvalue weighted by atomic mass is 32.1. The Labute approximate surface area is 173 Å². The van der Waals surface area contributed by atoms with Gasteiger partial charge in [-0.25, -0.2) is 4.98 Å². The summed E-state index contributed by atoms with van der Waals surface area (Å²) in [5.41, 5.74) is 10.2. The molecule has 3 aromatic rings. The molecule has 1 aliphatic rings. The lowest BCUT2D eigenvalue weighted by Gasteiger charge is -2.31. The number of amides is 2. The van der Waals surface area contributed by atoms with Gasteiger partial charge in [-0.3, -0.25) is 9.59 Å². The smallest absolute Gasteiger partial charge is 0.254 e. The van der Waals surface area contributed by atoms with Gasteiger partial charge >= 0.3 is 0 Å². The Morgan fingerprint density at radius 3 is 2.59 bits per heavy atom. The molecule has 0 bridgehead atoms. The van der Waals surface area contributed by atoms with E-state index in [2.05, 4.69) is 10.3 Å². The average molecular weight is 409 g/mol. The molecule has 6 nitrogen and oxygen atoms in total. The lowest BCUT2D eigenvalue weighted by Crippen LogP contribution is -2.41. The van der Waals surface area contributed by atoms with Crippen molar-refractivity contribution in [2.24, 2.45) is 5.92 Å². The lowest BCUT2D eigenvalue weighted by atomic mass is 9.95. The zero-order valence-corrected chi connectivity index (χ0v) is 17.4. The van der Waals surface area contributed by atoms with Gasteiger partial charge in [-0.2, -0.15) is 0 Å². The molecule has 2 amide bonds. The van der Waals surface area contributed by atoms with Gasteiger partial charge in [0.2, 0.25) is 5.91 Å². The van der Waals surface area contributed by atoms with Gasteiger partial charge in [-0.05, 0) is 56.0 Å². The molecule has 3 N–H and O–H groups in total. The van der Waals surface area contributed by atoms with Gasteiger partial charge in [0.05, 0.1) is 10.2 Å². The second-order valence-electron chi connectivity index (χ2n) is 7.56. The minimum absolute atomic E-state index is 0.00391. The van der Waals surface area contributed by atoms with Crippen LogP contribution >= 0.6 is 11.3 Å². The quantitative estimate of drug-likeness (QED) is 0.686. The lowest BCUT2D eigenvalue weighted by molar-refractivity contribution is -0.121. The number of likely N-dealkylation sites (tertiary alicyclic amines) is 1. The molecule has 2 aromatic carbocycles. The molecule has 29 heavy (non-hydrogen) atoms. The molecule has 0 unspecified atom stereocenters. The summed E-state index contributed by atoms with van der Waals surface area (Å²) in [7, 11) is 0. The number of aryl methyl sites for hydroxylation is 2. The Bertz CT molecular complexity index is 1080. The van der Waals surface area contributed by atoms with Crippen molar-refractivity contribution in [1.29, 1.82) is 0 Å². The van der Waals surface area contributed by atoms with E-state index in [9.17, 15) is 9.59 Å². The molecular weight excluding hydrogens is 384 g/mol. The number of hydrogen-bond donors (Lipinski definition) is 2. The third kappa shape index (κ3) is 3.96. The number of anilines is 2. The molecule has 0 atom stereocenters. The van der Waals surface area contributed by atoms with Crippen molar-refractivity contribution in [3.8, 4) is 0 Å². The highest BCUT2D eigenvalue weighted by Gasteiger charge is 2.28. The number of carbonyl (C=O) groups is 2. The summed E-state index contributed by atoms with van der Waals surface area (Å²) in [5, 5.41) is 3.56. The van der Waals surface area contributed by atoms with Crippen LogP contribution in [0.15, 0.2) is 36.4 Å². The van der Waals surface area contributed by atoms with E-state index in [0.29, 0.717) is 31.1 Å². The van der Waals surface area contributed by atoms with E-state index in [1.165, 1.54) is 11.3 Å². The van der Waals surface area contributed by atoms with E-state index in [1.807, 2.05) is 55.1 Å². The monoisotopic (exact) mass is 408 g/mol. The molecule has 4 rings (SSSR count). The van der Waals surface area contributed by atoms with Crippen molar-refractivity contribution in [1.82, 2.24) is 9.88 Å². The van der Waals surface area contributed by atoms with E-state index < -0.39 is 0 Å². The second kappa shape index (κ2) is 7.83. The Balaban J connectivity index is 1.39. The van der Waals surface area contributed by atoms with Gasteiger partial charge in [0.1, 0.15) is 0 Å². The van der Waals surface area contributed by atoms with Crippen LogP contribution in [0.1, 0.15) is 34.3 Å². The van der Waals surface area contributed by atoms with Gasteiger partial charge < -0.3 is 16.0 Å². The van der Waals surface area contributed by atoms with E-state index in [0.717, 1.165) is 32.6 Å². The standard InChI is InChI=1S/C22H24N4O2S/c1-13-5-3-4-6-17(13)21(28)26-9-7-15(8-10-26)20(27)24-16-11-14(2)19-18(12-16)29-22(23)25-19/h3-6,11-12,15H,7-10H2,1-2H3,(H2,23,25)(H,24,27). The average Bonchev–Trinajstić information content (AvgIpc) is 3.09. The van der Waals surface area contributed by atoms with Crippen LogP contribution in [0.2, 0.25) is 0 Å². The van der Waals surface area contributed by atoms with Crippen molar-refractivity contribution in [3.63, 3.8) is 0 Å². The van der Waals surface area contributed by atoms with Crippen molar-refractivity contribution < 1.29 is 9.59 Å². The SMILES string of the molecule is Cc1ccccc1C(=O)N1CCC(C(=O)Nc2cc(C)c3nc(N)sc3c2)CC1. The number of carbonyl (C=O) groups excluding carboxylic acids is 2. The van der Waals surface area contributed by atoms with Crippen molar-refractivity contribution in [3.05, 3.63) is 53.1 Å². The summed E-state index contributed by atoms with van der Waals surface area (Å²) in [6.45, 7) is 5.10. The topological polar surface area (TPSA) is 88.3 Å². The predicted molar refractivity (Wildman–Crippen MR) is 117 cm³/mol. The number of rotatable bonds is 3. The highest BCUT2D eigenvalue weighted by Crippen LogP contribution is 2.30. The number of fused-ring (bicyclic) bond motifs is 1. The fraction of sp³-hybridized carbons (Fsp3) is 0.318. The zero-order valence-electron chi connectivity index (χ0n) is 16.6. The fourth-order valence-electron chi connectivity index (χ4n) is 3.86.